The average molecular weight is 573 g/mol. The van der Waals surface area contributed by atoms with Gasteiger partial charge in [0.2, 0.25) is 5.91 Å². The smallest absolute Gasteiger partial charge is 0.475 e. The van der Waals surface area contributed by atoms with Crippen molar-refractivity contribution in [3.8, 4) is 0 Å². The van der Waals surface area contributed by atoms with Gasteiger partial charge in [-0.15, -0.1) is 0 Å². The Morgan fingerprint density at radius 2 is 1.62 bits per heavy atom. The van der Waals surface area contributed by atoms with Gasteiger partial charge >= 0.3 is 24.3 Å². The van der Waals surface area contributed by atoms with E-state index in [2.05, 4.69) is 15.2 Å². The minimum atomic E-state index is -5.08. The number of ether oxygens (including phenoxy) is 2. The van der Waals surface area contributed by atoms with E-state index >= 15 is 0 Å². The number of piperidine rings is 1. The molecule has 3 saturated heterocycles. The summed E-state index contributed by atoms with van der Waals surface area (Å²) >= 11 is 0. The summed E-state index contributed by atoms with van der Waals surface area (Å²) in [4.78, 5) is 36.9. The predicted octanol–water partition coefficient (Wildman–Crippen LogP) is 2.62. The minimum Gasteiger partial charge on any atom is -0.475 e. The van der Waals surface area contributed by atoms with Crippen molar-refractivity contribution in [2.45, 2.75) is 62.8 Å². The monoisotopic (exact) mass is 573 g/mol. The van der Waals surface area contributed by atoms with E-state index in [1.54, 1.807) is 12.4 Å². The molecule has 0 spiro atoms. The number of carbonyl (C=O) groups is 3. The molecule has 4 rings (SSSR count). The van der Waals surface area contributed by atoms with E-state index < -0.39 is 24.3 Å². The second-order valence-electron chi connectivity index (χ2n) is 8.97. The second kappa shape index (κ2) is 14.4. The Morgan fingerprint density at radius 1 is 1.03 bits per heavy atom. The van der Waals surface area contributed by atoms with Gasteiger partial charge in [0.05, 0.1) is 6.10 Å². The molecule has 3 N–H and O–H groups in total. The van der Waals surface area contributed by atoms with Crippen LogP contribution in [-0.2, 0) is 30.4 Å². The zero-order valence-electron chi connectivity index (χ0n) is 20.6. The molecule has 4 heterocycles. The standard InChI is InChI=1S/C19H27N3O3.2C2HF3O2/c23-19(21-12-14-2-1-6-20-11-14)17-10-15-3-7-22(13-18(15)25-17)16-4-8-24-9-5-16;2*3-2(4,5)1(6)7/h1-2,6,11,15-18H,3-5,7-10,12-13H2,(H,21,23);2*(H,6,7)/t15-,17-,18-;;/m0../s1. The highest BCUT2D eigenvalue weighted by Crippen LogP contribution is 2.35. The zero-order chi connectivity index (χ0) is 29.2. The van der Waals surface area contributed by atoms with Crippen molar-refractivity contribution >= 4 is 17.8 Å². The summed E-state index contributed by atoms with van der Waals surface area (Å²) in [7, 11) is 0. The van der Waals surface area contributed by atoms with Crippen LogP contribution in [0.15, 0.2) is 24.5 Å². The molecule has 3 aliphatic heterocycles. The van der Waals surface area contributed by atoms with Crippen LogP contribution in [0, 0.1) is 5.92 Å². The van der Waals surface area contributed by atoms with Gasteiger partial charge in [-0.1, -0.05) is 6.07 Å². The highest BCUT2D eigenvalue weighted by molar-refractivity contribution is 5.81. The summed E-state index contributed by atoms with van der Waals surface area (Å²) < 4.78 is 75.1. The summed E-state index contributed by atoms with van der Waals surface area (Å²) in [5, 5.41) is 17.2. The number of hydrogen-bond donors (Lipinski definition) is 3. The molecule has 3 aliphatic rings. The van der Waals surface area contributed by atoms with E-state index in [-0.39, 0.29) is 18.1 Å². The van der Waals surface area contributed by atoms with Crippen molar-refractivity contribution in [3.05, 3.63) is 30.1 Å². The predicted molar refractivity (Wildman–Crippen MR) is 120 cm³/mol. The van der Waals surface area contributed by atoms with Crippen molar-refractivity contribution in [1.29, 1.82) is 0 Å². The molecule has 10 nitrogen and oxygen atoms in total. The molecule has 220 valence electrons. The topological polar surface area (TPSA) is 138 Å². The number of halogens is 6. The Labute approximate surface area is 219 Å². The van der Waals surface area contributed by atoms with Crippen LogP contribution in [0.1, 0.15) is 31.2 Å². The maximum absolute atomic E-state index is 12.5. The maximum Gasteiger partial charge on any atom is 0.490 e. The highest BCUT2D eigenvalue weighted by Gasteiger charge is 2.43. The number of aliphatic carboxylic acids is 2. The van der Waals surface area contributed by atoms with E-state index in [9.17, 15) is 31.1 Å². The third-order valence-electron chi connectivity index (χ3n) is 6.26. The van der Waals surface area contributed by atoms with Crippen molar-refractivity contribution in [1.82, 2.24) is 15.2 Å². The van der Waals surface area contributed by atoms with Gasteiger partial charge < -0.3 is 25.0 Å². The molecular formula is C23H29F6N3O7. The number of rotatable bonds is 4. The molecule has 0 aliphatic carbocycles. The van der Waals surface area contributed by atoms with Gasteiger partial charge in [-0.05, 0) is 49.8 Å². The van der Waals surface area contributed by atoms with Crippen molar-refractivity contribution < 1.29 is 60.4 Å². The largest absolute Gasteiger partial charge is 0.490 e. The molecular weight excluding hydrogens is 544 g/mol. The Morgan fingerprint density at radius 3 is 2.13 bits per heavy atom. The lowest BCUT2D eigenvalue weighted by atomic mass is 9.90. The second-order valence-corrected chi connectivity index (χ2v) is 8.97. The first-order valence-corrected chi connectivity index (χ1v) is 11.9. The molecule has 3 atom stereocenters. The number of likely N-dealkylation sites (tertiary alicyclic amines) is 1. The van der Waals surface area contributed by atoms with Gasteiger partial charge in [-0.3, -0.25) is 14.7 Å². The van der Waals surface area contributed by atoms with Gasteiger partial charge in [0.25, 0.3) is 0 Å². The van der Waals surface area contributed by atoms with Crippen LogP contribution in [0.5, 0.6) is 0 Å². The summed E-state index contributed by atoms with van der Waals surface area (Å²) in [5.41, 5.74) is 1.01. The Balaban J connectivity index is 0.000000317. The summed E-state index contributed by atoms with van der Waals surface area (Å²) in [6.45, 7) is 4.34. The SMILES string of the molecule is O=C(NCc1cccnc1)[C@@H]1C[C@@H]2CCN(C3CCOCC3)C[C@@H]2O1.O=C(O)C(F)(F)F.O=C(O)C(F)(F)F. The lowest BCUT2D eigenvalue weighted by Gasteiger charge is -2.40. The third kappa shape index (κ3) is 11.0. The van der Waals surface area contributed by atoms with Crippen molar-refractivity contribution in [2.24, 2.45) is 5.92 Å². The van der Waals surface area contributed by atoms with Gasteiger partial charge in [-0.2, -0.15) is 26.3 Å². The summed E-state index contributed by atoms with van der Waals surface area (Å²) in [5.74, 6) is -4.99. The highest BCUT2D eigenvalue weighted by atomic mass is 19.4. The number of alkyl halides is 6. The Bertz CT molecular complexity index is 918. The summed E-state index contributed by atoms with van der Waals surface area (Å²) in [6, 6.07) is 4.47. The van der Waals surface area contributed by atoms with Gasteiger partial charge in [0.15, 0.2) is 0 Å². The van der Waals surface area contributed by atoms with Crippen molar-refractivity contribution in [3.63, 3.8) is 0 Å². The number of nitrogens with one attached hydrogen (secondary N) is 1. The number of aromatic nitrogens is 1. The van der Waals surface area contributed by atoms with Crippen LogP contribution in [0.2, 0.25) is 0 Å². The molecule has 0 unspecified atom stereocenters. The fourth-order valence-corrected chi connectivity index (χ4v) is 4.31. The molecule has 1 aromatic heterocycles. The van der Waals surface area contributed by atoms with Gasteiger partial charge in [-0.25, -0.2) is 9.59 Å². The normalized spacial score (nSPS) is 23.8. The zero-order valence-corrected chi connectivity index (χ0v) is 20.6. The van der Waals surface area contributed by atoms with Crippen LogP contribution in [-0.4, -0.2) is 94.8 Å². The Hall–Kier alpha value is -2.98. The molecule has 0 saturated carbocycles. The fourth-order valence-electron chi connectivity index (χ4n) is 4.31. The van der Waals surface area contributed by atoms with Crippen LogP contribution in [0.4, 0.5) is 26.3 Å². The number of nitrogens with zero attached hydrogens (tertiary/aromatic N) is 2. The first kappa shape index (κ1) is 32.2. The molecule has 39 heavy (non-hydrogen) atoms. The van der Waals surface area contributed by atoms with Crippen LogP contribution < -0.4 is 5.32 Å². The molecule has 1 amide bonds. The fraction of sp³-hybridized carbons (Fsp3) is 0.652. The van der Waals surface area contributed by atoms with E-state index in [4.69, 9.17) is 29.3 Å². The van der Waals surface area contributed by atoms with Gasteiger partial charge in [0.1, 0.15) is 6.10 Å². The lowest BCUT2D eigenvalue weighted by molar-refractivity contribution is -0.193. The van der Waals surface area contributed by atoms with Crippen LogP contribution in [0.3, 0.4) is 0 Å². The van der Waals surface area contributed by atoms with Crippen LogP contribution >= 0.6 is 0 Å². The minimum absolute atomic E-state index is 0.0101. The van der Waals surface area contributed by atoms with E-state index in [1.165, 1.54) is 0 Å². The lowest BCUT2D eigenvalue weighted by Crippen LogP contribution is -2.49. The molecule has 0 radical (unpaired) electrons. The number of hydrogen-bond acceptors (Lipinski definition) is 7. The summed E-state index contributed by atoms with van der Waals surface area (Å²) in [6.07, 6.45) is -2.54. The average Bonchev–Trinajstić information content (AvgIpc) is 3.32. The maximum atomic E-state index is 12.5. The number of carboxylic acids is 2. The van der Waals surface area contributed by atoms with E-state index in [0.29, 0.717) is 18.5 Å². The third-order valence-corrected chi connectivity index (χ3v) is 6.26. The number of carboxylic acid groups (broad SMARTS) is 2. The van der Waals surface area contributed by atoms with E-state index in [0.717, 1.165) is 57.6 Å². The number of amides is 1. The molecule has 3 fully saturated rings. The number of carbonyl (C=O) groups excluding carboxylic acids is 1. The van der Waals surface area contributed by atoms with Crippen LogP contribution in [0.25, 0.3) is 0 Å². The van der Waals surface area contributed by atoms with Crippen molar-refractivity contribution in [2.75, 3.05) is 26.3 Å². The Kier molecular flexibility index (Phi) is 11.9. The number of fused-ring (bicyclic) bond motifs is 1. The molecule has 16 heteroatoms. The molecule has 0 aromatic carbocycles. The first-order valence-electron chi connectivity index (χ1n) is 11.9. The first-order chi connectivity index (χ1) is 18.2. The van der Waals surface area contributed by atoms with E-state index in [1.807, 2.05) is 12.1 Å². The molecule has 0 bridgehead atoms. The number of pyridine rings is 1. The quantitative estimate of drug-likeness (QED) is 0.464. The molecule has 1 aromatic rings. The van der Waals surface area contributed by atoms with Gasteiger partial charge in [0, 0.05) is 44.7 Å².